The van der Waals surface area contributed by atoms with Crippen LogP contribution in [0, 0.1) is 5.82 Å². The highest BCUT2D eigenvalue weighted by atomic mass is 19.1. The number of nitrogens with zero attached hydrogens (tertiary/aromatic N) is 2. The van der Waals surface area contributed by atoms with E-state index in [0.717, 1.165) is 13.0 Å². The molecule has 2 N–H and O–H groups in total. The summed E-state index contributed by atoms with van der Waals surface area (Å²) in [5, 5.41) is 6.37. The lowest BCUT2D eigenvalue weighted by atomic mass is 10.3. The molecule has 1 aromatic rings. The van der Waals surface area contributed by atoms with Crippen LogP contribution < -0.4 is 10.6 Å². The summed E-state index contributed by atoms with van der Waals surface area (Å²) in [6, 6.07) is 3.30. The molecule has 1 rings (SSSR count). The zero-order valence-electron chi connectivity index (χ0n) is 11.2. The van der Waals surface area contributed by atoms with E-state index < -0.39 is 0 Å². The first kappa shape index (κ1) is 14.4. The van der Waals surface area contributed by atoms with Gasteiger partial charge in [0.05, 0.1) is 12.2 Å². The summed E-state index contributed by atoms with van der Waals surface area (Å²) in [7, 11) is 0. The van der Waals surface area contributed by atoms with Crippen LogP contribution >= 0.6 is 0 Å². The molecule has 0 saturated carbocycles. The summed E-state index contributed by atoms with van der Waals surface area (Å²) < 4.78 is 13.4. The lowest BCUT2D eigenvalue weighted by Crippen LogP contribution is -2.42. The number of pyridine rings is 1. The molecule has 0 bridgehead atoms. The Morgan fingerprint density at radius 1 is 1.50 bits per heavy atom. The van der Waals surface area contributed by atoms with E-state index in [1.54, 1.807) is 12.3 Å². The molecular formula is C13H21FN4. The van der Waals surface area contributed by atoms with Gasteiger partial charge in [0, 0.05) is 18.8 Å². The first-order chi connectivity index (χ1) is 8.67. The summed E-state index contributed by atoms with van der Waals surface area (Å²) in [6.07, 6.45) is 2.57. The number of rotatable bonds is 5. The Bertz CT molecular complexity index is 392. The maximum Gasteiger partial charge on any atom is 0.191 e. The fraction of sp³-hybridized carbons (Fsp3) is 0.538. The van der Waals surface area contributed by atoms with Crippen LogP contribution in [-0.4, -0.2) is 23.5 Å². The number of aromatic nitrogens is 1. The van der Waals surface area contributed by atoms with Gasteiger partial charge in [0.25, 0.3) is 0 Å². The van der Waals surface area contributed by atoms with Crippen LogP contribution in [-0.2, 0) is 6.54 Å². The van der Waals surface area contributed by atoms with Crippen molar-refractivity contribution in [2.24, 2.45) is 4.99 Å². The zero-order valence-corrected chi connectivity index (χ0v) is 11.2. The molecule has 0 amide bonds. The number of guanidine groups is 1. The zero-order chi connectivity index (χ0) is 13.4. The monoisotopic (exact) mass is 252 g/mol. The van der Waals surface area contributed by atoms with Crippen molar-refractivity contribution in [2.75, 3.05) is 6.54 Å². The van der Waals surface area contributed by atoms with Gasteiger partial charge in [-0.2, -0.15) is 0 Å². The molecule has 0 fully saturated rings. The lowest BCUT2D eigenvalue weighted by Gasteiger charge is -2.16. The standard InChI is InChI=1S/C13H21FN4/c1-4-10(3)18-13(15-5-2)17-9-12-11(14)7-6-8-16-12/h6-8,10H,4-5,9H2,1-3H3,(H2,15,17,18). The highest BCUT2D eigenvalue weighted by Gasteiger charge is 2.04. The molecule has 0 aliphatic rings. The second-order valence-corrected chi connectivity index (χ2v) is 4.08. The number of aliphatic imine (C=N–C) groups is 1. The van der Waals surface area contributed by atoms with Gasteiger partial charge in [0.1, 0.15) is 5.82 Å². The number of hydrogen-bond acceptors (Lipinski definition) is 2. The average molecular weight is 252 g/mol. The molecule has 1 aromatic heterocycles. The predicted octanol–water partition coefficient (Wildman–Crippen LogP) is 2.07. The number of hydrogen-bond donors (Lipinski definition) is 2. The molecule has 5 heteroatoms. The minimum atomic E-state index is -0.319. The molecule has 0 radical (unpaired) electrons. The van der Waals surface area contributed by atoms with Gasteiger partial charge in [-0.05, 0) is 32.4 Å². The third kappa shape index (κ3) is 4.69. The van der Waals surface area contributed by atoms with E-state index in [9.17, 15) is 4.39 Å². The van der Waals surface area contributed by atoms with Gasteiger partial charge >= 0.3 is 0 Å². The van der Waals surface area contributed by atoms with Gasteiger partial charge in [0.2, 0.25) is 0 Å². The number of nitrogens with one attached hydrogen (secondary N) is 2. The van der Waals surface area contributed by atoms with Crippen molar-refractivity contribution in [3.63, 3.8) is 0 Å². The Labute approximate surface area is 108 Å². The molecular weight excluding hydrogens is 231 g/mol. The van der Waals surface area contributed by atoms with Crippen molar-refractivity contribution >= 4 is 5.96 Å². The van der Waals surface area contributed by atoms with Crippen LogP contribution in [0.3, 0.4) is 0 Å². The highest BCUT2D eigenvalue weighted by Crippen LogP contribution is 2.03. The van der Waals surface area contributed by atoms with Crippen molar-refractivity contribution in [3.05, 3.63) is 29.8 Å². The molecule has 0 aliphatic heterocycles. The van der Waals surface area contributed by atoms with Crippen LogP contribution in [0.5, 0.6) is 0 Å². The first-order valence-electron chi connectivity index (χ1n) is 6.31. The topological polar surface area (TPSA) is 49.3 Å². The normalized spacial score (nSPS) is 13.2. The van der Waals surface area contributed by atoms with Gasteiger partial charge < -0.3 is 10.6 Å². The Hall–Kier alpha value is -1.65. The minimum Gasteiger partial charge on any atom is -0.357 e. The van der Waals surface area contributed by atoms with Gasteiger partial charge in [-0.3, -0.25) is 4.98 Å². The lowest BCUT2D eigenvalue weighted by molar-refractivity contribution is 0.596. The summed E-state index contributed by atoms with van der Waals surface area (Å²) in [4.78, 5) is 8.30. The maximum atomic E-state index is 13.4. The second-order valence-electron chi connectivity index (χ2n) is 4.08. The molecule has 0 spiro atoms. The van der Waals surface area contributed by atoms with Crippen LogP contribution in [0.25, 0.3) is 0 Å². The van der Waals surface area contributed by atoms with Crippen molar-refractivity contribution in [2.45, 2.75) is 39.8 Å². The molecule has 4 nitrogen and oxygen atoms in total. The molecule has 0 aromatic carbocycles. The van der Waals surface area contributed by atoms with E-state index in [1.165, 1.54) is 6.07 Å². The highest BCUT2D eigenvalue weighted by molar-refractivity contribution is 5.79. The summed E-state index contributed by atoms with van der Waals surface area (Å²) in [5.74, 6) is 0.373. The summed E-state index contributed by atoms with van der Waals surface area (Å²) in [6.45, 7) is 7.18. The molecule has 1 atom stereocenters. The van der Waals surface area contributed by atoms with Gasteiger partial charge in [0.15, 0.2) is 5.96 Å². The third-order valence-electron chi connectivity index (χ3n) is 2.56. The largest absolute Gasteiger partial charge is 0.357 e. The molecule has 0 saturated heterocycles. The van der Waals surface area contributed by atoms with Gasteiger partial charge in [-0.15, -0.1) is 0 Å². The Kier molecular flexibility index (Phi) is 6.11. The summed E-state index contributed by atoms with van der Waals surface area (Å²) in [5.41, 5.74) is 0.360. The van der Waals surface area contributed by atoms with Crippen molar-refractivity contribution in [3.8, 4) is 0 Å². The summed E-state index contributed by atoms with van der Waals surface area (Å²) >= 11 is 0. The second kappa shape index (κ2) is 7.63. The van der Waals surface area contributed by atoms with E-state index in [2.05, 4.69) is 34.5 Å². The molecule has 18 heavy (non-hydrogen) atoms. The fourth-order valence-electron chi connectivity index (χ4n) is 1.34. The quantitative estimate of drug-likeness (QED) is 0.623. The number of halogens is 1. The van der Waals surface area contributed by atoms with E-state index in [0.29, 0.717) is 17.7 Å². The molecule has 0 aliphatic carbocycles. The molecule has 100 valence electrons. The fourth-order valence-corrected chi connectivity index (χ4v) is 1.34. The predicted molar refractivity (Wildman–Crippen MR) is 71.9 cm³/mol. The van der Waals surface area contributed by atoms with Crippen molar-refractivity contribution < 1.29 is 4.39 Å². The van der Waals surface area contributed by atoms with Gasteiger partial charge in [-0.25, -0.2) is 9.38 Å². The van der Waals surface area contributed by atoms with Crippen LogP contribution in [0.2, 0.25) is 0 Å². The maximum absolute atomic E-state index is 13.4. The van der Waals surface area contributed by atoms with E-state index in [4.69, 9.17) is 0 Å². The van der Waals surface area contributed by atoms with Crippen LogP contribution in [0.1, 0.15) is 32.9 Å². The third-order valence-corrected chi connectivity index (χ3v) is 2.56. The Morgan fingerprint density at radius 3 is 2.89 bits per heavy atom. The molecule has 1 unspecified atom stereocenters. The Balaban J connectivity index is 2.68. The smallest absolute Gasteiger partial charge is 0.191 e. The molecule has 1 heterocycles. The van der Waals surface area contributed by atoms with Crippen LogP contribution in [0.15, 0.2) is 23.3 Å². The average Bonchev–Trinajstić information content (AvgIpc) is 2.37. The van der Waals surface area contributed by atoms with Gasteiger partial charge in [-0.1, -0.05) is 6.92 Å². The van der Waals surface area contributed by atoms with Crippen LogP contribution in [0.4, 0.5) is 4.39 Å². The SMILES string of the molecule is CCNC(=NCc1ncccc1F)NC(C)CC. The van der Waals surface area contributed by atoms with Crippen molar-refractivity contribution in [1.29, 1.82) is 0 Å². The van der Waals surface area contributed by atoms with E-state index >= 15 is 0 Å². The first-order valence-corrected chi connectivity index (χ1v) is 6.31. The minimum absolute atomic E-state index is 0.235. The van der Waals surface area contributed by atoms with Crippen molar-refractivity contribution in [1.82, 2.24) is 15.6 Å². The van der Waals surface area contributed by atoms with E-state index in [1.807, 2.05) is 6.92 Å². The van der Waals surface area contributed by atoms with E-state index in [-0.39, 0.29) is 12.4 Å². The Morgan fingerprint density at radius 2 is 2.28 bits per heavy atom.